The van der Waals surface area contributed by atoms with Crippen LogP contribution in [-0.2, 0) is 0 Å². The molecule has 0 aliphatic heterocycles. The van der Waals surface area contributed by atoms with Crippen molar-refractivity contribution in [2.45, 2.75) is 38.0 Å². The number of benzene rings is 2. The lowest BCUT2D eigenvalue weighted by Crippen LogP contribution is -2.12. The maximum atomic E-state index is 13.1. The SMILES string of the molecule is C=CCC1CCC(c2ccc(-c3cnc(-c4ccc(F)cc4)nc3)cc2)CC1. The van der Waals surface area contributed by atoms with Gasteiger partial charge in [0.1, 0.15) is 5.82 Å². The van der Waals surface area contributed by atoms with Crippen molar-refractivity contribution in [1.82, 2.24) is 9.97 Å². The van der Waals surface area contributed by atoms with Gasteiger partial charge in [0.25, 0.3) is 0 Å². The number of aromatic nitrogens is 2. The number of hydrogen-bond acceptors (Lipinski definition) is 2. The molecule has 3 heteroatoms. The van der Waals surface area contributed by atoms with E-state index in [0.29, 0.717) is 11.7 Å². The van der Waals surface area contributed by atoms with Crippen molar-refractivity contribution in [3.05, 3.63) is 85.0 Å². The first-order valence-electron chi connectivity index (χ1n) is 10.0. The van der Waals surface area contributed by atoms with Gasteiger partial charge >= 0.3 is 0 Å². The fraction of sp³-hybridized carbons (Fsp3) is 0.280. The fourth-order valence-electron chi connectivity index (χ4n) is 4.14. The molecule has 142 valence electrons. The van der Waals surface area contributed by atoms with Crippen molar-refractivity contribution in [3.63, 3.8) is 0 Å². The van der Waals surface area contributed by atoms with Crippen LogP contribution in [-0.4, -0.2) is 9.97 Å². The Kier molecular flexibility index (Phi) is 5.61. The predicted molar refractivity (Wildman–Crippen MR) is 112 cm³/mol. The third kappa shape index (κ3) is 4.19. The molecule has 0 radical (unpaired) electrons. The number of halogens is 1. The van der Waals surface area contributed by atoms with Crippen LogP contribution in [0.5, 0.6) is 0 Å². The van der Waals surface area contributed by atoms with Crippen molar-refractivity contribution < 1.29 is 4.39 Å². The zero-order valence-electron chi connectivity index (χ0n) is 16.0. The summed E-state index contributed by atoms with van der Waals surface area (Å²) in [6.07, 6.45) is 12.0. The second kappa shape index (κ2) is 8.47. The smallest absolute Gasteiger partial charge is 0.159 e. The number of hydrogen-bond donors (Lipinski definition) is 0. The van der Waals surface area contributed by atoms with Crippen molar-refractivity contribution in [2.75, 3.05) is 0 Å². The number of nitrogens with zero attached hydrogens (tertiary/aromatic N) is 2. The predicted octanol–water partition coefficient (Wildman–Crippen LogP) is 6.80. The molecular weight excluding hydrogens is 347 g/mol. The van der Waals surface area contributed by atoms with Gasteiger partial charge in [0.15, 0.2) is 5.82 Å². The maximum Gasteiger partial charge on any atom is 0.159 e. The summed E-state index contributed by atoms with van der Waals surface area (Å²) in [5.74, 6) is 1.85. The molecule has 0 unspecified atom stereocenters. The van der Waals surface area contributed by atoms with Crippen LogP contribution >= 0.6 is 0 Å². The lowest BCUT2D eigenvalue weighted by molar-refractivity contribution is 0.328. The highest BCUT2D eigenvalue weighted by Gasteiger charge is 2.21. The first-order valence-corrected chi connectivity index (χ1v) is 10.0. The molecular formula is C25H25FN2. The van der Waals surface area contributed by atoms with Crippen LogP contribution < -0.4 is 0 Å². The Morgan fingerprint density at radius 3 is 2.04 bits per heavy atom. The van der Waals surface area contributed by atoms with Crippen LogP contribution in [0.2, 0.25) is 0 Å². The van der Waals surface area contributed by atoms with Gasteiger partial charge in [-0.05, 0) is 79.3 Å². The van der Waals surface area contributed by atoms with Gasteiger partial charge in [-0.25, -0.2) is 14.4 Å². The van der Waals surface area contributed by atoms with Crippen LogP contribution in [0.15, 0.2) is 73.6 Å². The summed E-state index contributed by atoms with van der Waals surface area (Å²) < 4.78 is 13.1. The molecule has 0 bridgehead atoms. The molecule has 3 aromatic rings. The molecule has 28 heavy (non-hydrogen) atoms. The minimum atomic E-state index is -0.255. The highest BCUT2D eigenvalue weighted by atomic mass is 19.1. The van der Waals surface area contributed by atoms with E-state index in [4.69, 9.17) is 0 Å². The zero-order valence-corrected chi connectivity index (χ0v) is 16.0. The van der Waals surface area contributed by atoms with Gasteiger partial charge in [-0.1, -0.05) is 30.3 Å². The zero-order chi connectivity index (χ0) is 19.3. The van der Waals surface area contributed by atoms with Crippen LogP contribution in [0.3, 0.4) is 0 Å². The van der Waals surface area contributed by atoms with Gasteiger partial charge in [0.05, 0.1) is 0 Å². The van der Waals surface area contributed by atoms with E-state index in [1.165, 1.54) is 43.4 Å². The third-order valence-corrected chi connectivity index (χ3v) is 5.82. The lowest BCUT2D eigenvalue weighted by Gasteiger charge is -2.28. The maximum absolute atomic E-state index is 13.1. The fourth-order valence-corrected chi connectivity index (χ4v) is 4.14. The van der Waals surface area contributed by atoms with Crippen LogP contribution in [0.25, 0.3) is 22.5 Å². The second-order valence-electron chi connectivity index (χ2n) is 7.67. The Labute approximate surface area is 166 Å². The monoisotopic (exact) mass is 372 g/mol. The van der Waals surface area contributed by atoms with Gasteiger partial charge in [-0.15, -0.1) is 6.58 Å². The summed E-state index contributed by atoms with van der Waals surface area (Å²) in [6.45, 7) is 3.87. The average molecular weight is 372 g/mol. The molecule has 2 nitrogen and oxygen atoms in total. The Hall–Kier alpha value is -2.81. The summed E-state index contributed by atoms with van der Waals surface area (Å²) >= 11 is 0. The molecule has 4 rings (SSSR count). The molecule has 0 saturated heterocycles. The van der Waals surface area contributed by atoms with Crippen LogP contribution in [0.1, 0.15) is 43.6 Å². The van der Waals surface area contributed by atoms with E-state index >= 15 is 0 Å². The average Bonchev–Trinajstić information content (AvgIpc) is 2.75. The van der Waals surface area contributed by atoms with E-state index in [-0.39, 0.29) is 5.82 Å². The molecule has 1 aliphatic rings. The van der Waals surface area contributed by atoms with E-state index in [1.807, 2.05) is 12.4 Å². The molecule has 1 aromatic heterocycles. The molecule has 1 heterocycles. The van der Waals surface area contributed by atoms with Crippen molar-refractivity contribution in [2.24, 2.45) is 5.92 Å². The van der Waals surface area contributed by atoms with Crippen LogP contribution in [0, 0.1) is 11.7 Å². The first kappa shape index (κ1) is 18.5. The summed E-state index contributed by atoms with van der Waals surface area (Å²) in [4.78, 5) is 8.90. The lowest BCUT2D eigenvalue weighted by atomic mass is 9.77. The molecule has 0 spiro atoms. The van der Waals surface area contributed by atoms with Gasteiger partial charge < -0.3 is 0 Å². The number of allylic oxidation sites excluding steroid dienone is 1. The van der Waals surface area contributed by atoms with Crippen molar-refractivity contribution >= 4 is 0 Å². The second-order valence-corrected chi connectivity index (χ2v) is 7.67. The van der Waals surface area contributed by atoms with Gasteiger partial charge in [0, 0.05) is 23.5 Å². The molecule has 1 fully saturated rings. The Morgan fingerprint density at radius 1 is 0.821 bits per heavy atom. The van der Waals surface area contributed by atoms with Gasteiger partial charge in [0.2, 0.25) is 0 Å². The van der Waals surface area contributed by atoms with Crippen molar-refractivity contribution in [3.8, 4) is 22.5 Å². The Bertz CT molecular complexity index is 906. The minimum absolute atomic E-state index is 0.255. The first-order chi connectivity index (χ1) is 13.7. The highest BCUT2D eigenvalue weighted by Crippen LogP contribution is 2.37. The largest absolute Gasteiger partial charge is 0.236 e. The topological polar surface area (TPSA) is 25.8 Å². The normalized spacial score (nSPS) is 19.3. The Balaban J connectivity index is 1.44. The summed E-state index contributed by atoms with van der Waals surface area (Å²) in [6, 6.07) is 15.1. The molecule has 0 amide bonds. The minimum Gasteiger partial charge on any atom is -0.236 e. The molecule has 1 saturated carbocycles. The summed E-state index contributed by atoms with van der Waals surface area (Å²) in [7, 11) is 0. The van der Waals surface area contributed by atoms with E-state index in [2.05, 4.69) is 46.9 Å². The summed E-state index contributed by atoms with van der Waals surface area (Å²) in [5, 5.41) is 0. The third-order valence-electron chi connectivity index (χ3n) is 5.82. The molecule has 1 aliphatic carbocycles. The molecule has 0 N–H and O–H groups in total. The van der Waals surface area contributed by atoms with E-state index in [0.717, 1.165) is 29.0 Å². The highest BCUT2D eigenvalue weighted by molar-refractivity contribution is 5.64. The number of rotatable bonds is 5. The standard InChI is InChI=1S/C25H25FN2/c1-2-3-18-4-6-19(7-5-18)20-8-10-21(11-9-20)23-16-27-25(28-17-23)22-12-14-24(26)15-13-22/h2,8-19H,1,3-7H2. The van der Waals surface area contributed by atoms with E-state index < -0.39 is 0 Å². The summed E-state index contributed by atoms with van der Waals surface area (Å²) in [5.41, 5.74) is 4.36. The van der Waals surface area contributed by atoms with Crippen molar-refractivity contribution in [1.29, 1.82) is 0 Å². The Morgan fingerprint density at radius 2 is 1.43 bits per heavy atom. The van der Waals surface area contributed by atoms with Gasteiger partial charge in [-0.3, -0.25) is 0 Å². The van der Waals surface area contributed by atoms with E-state index in [1.54, 1.807) is 12.1 Å². The van der Waals surface area contributed by atoms with E-state index in [9.17, 15) is 4.39 Å². The molecule has 0 atom stereocenters. The van der Waals surface area contributed by atoms with Crippen LogP contribution in [0.4, 0.5) is 4.39 Å². The van der Waals surface area contributed by atoms with Gasteiger partial charge in [-0.2, -0.15) is 0 Å². The quantitative estimate of drug-likeness (QED) is 0.460. The molecule has 2 aromatic carbocycles.